The van der Waals surface area contributed by atoms with Gasteiger partial charge in [-0.1, -0.05) is 24.9 Å². The third-order valence-corrected chi connectivity index (χ3v) is 3.36. The molecule has 1 aromatic rings. The molecule has 0 radical (unpaired) electrons. The van der Waals surface area contributed by atoms with Gasteiger partial charge in [0.2, 0.25) is 5.91 Å². The highest BCUT2D eigenvalue weighted by atomic mass is 35.5. The molecule has 1 aromatic carbocycles. The zero-order valence-electron chi connectivity index (χ0n) is 12.2. The number of nitrogens with one attached hydrogen (secondary N) is 1. The molecule has 0 heterocycles. The first-order valence-electron chi connectivity index (χ1n) is 6.79. The van der Waals surface area contributed by atoms with E-state index in [-0.39, 0.29) is 18.9 Å². The summed E-state index contributed by atoms with van der Waals surface area (Å²) in [6.07, 6.45) is 1.40. The second-order valence-electron chi connectivity index (χ2n) is 4.76. The number of hydrogen-bond acceptors (Lipinski definition) is 3. The summed E-state index contributed by atoms with van der Waals surface area (Å²) in [5.74, 6) is -1.12. The third kappa shape index (κ3) is 5.63. The van der Waals surface area contributed by atoms with Crippen molar-refractivity contribution in [1.82, 2.24) is 5.32 Å². The van der Waals surface area contributed by atoms with Crippen LogP contribution in [0.4, 0.5) is 0 Å². The Morgan fingerprint density at radius 3 is 2.71 bits per heavy atom. The van der Waals surface area contributed by atoms with Gasteiger partial charge in [-0.2, -0.15) is 0 Å². The largest absolute Gasteiger partial charge is 0.496 e. The fourth-order valence-corrected chi connectivity index (χ4v) is 2.21. The minimum atomic E-state index is -0.891. The van der Waals surface area contributed by atoms with Crippen LogP contribution in [-0.2, 0) is 16.0 Å². The van der Waals surface area contributed by atoms with Gasteiger partial charge in [0, 0.05) is 17.1 Å². The number of aliphatic carboxylic acids is 1. The molecule has 0 aromatic heterocycles. The van der Waals surface area contributed by atoms with Crippen molar-refractivity contribution in [3.63, 3.8) is 0 Å². The van der Waals surface area contributed by atoms with Crippen LogP contribution in [-0.4, -0.2) is 30.6 Å². The molecule has 0 fully saturated rings. The maximum absolute atomic E-state index is 11.9. The quantitative estimate of drug-likeness (QED) is 0.773. The van der Waals surface area contributed by atoms with Crippen LogP contribution in [0.2, 0.25) is 5.02 Å². The van der Waals surface area contributed by atoms with Crippen LogP contribution in [0.1, 0.15) is 25.3 Å². The Morgan fingerprint density at radius 1 is 1.43 bits per heavy atom. The fraction of sp³-hybridized carbons (Fsp3) is 0.467. The van der Waals surface area contributed by atoms with Crippen LogP contribution < -0.4 is 10.1 Å². The number of carboxylic acids is 1. The molecule has 0 spiro atoms. The topological polar surface area (TPSA) is 75.6 Å². The minimum absolute atomic E-state index is 0.0994. The molecule has 1 atom stereocenters. The Labute approximate surface area is 129 Å². The summed E-state index contributed by atoms with van der Waals surface area (Å²) in [5, 5.41) is 12.2. The van der Waals surface area contributed by atoms with Crippen LogP contribution in [0.15, 0.2) is 18.2 Å². The fourth-order valence-electron chi connectivity index (χ4n) is 2.02. The van der Waals surface area contributed by atoms with Gasteiger partial charge in [-0.3, -0.25) is 9.59 Å². The average Bonchev–Trinajstić information content (AvgIpc) is 2.43. The molecule has 21 heavy (non-hydrogen) atoms. The maximum Gasteiger partial charge on any atom is 0.308 e. The summed E-state index contributed by atoms with van der Waals surface area (Å²) in [4.78, 5) is 22.9. The molecule has 0 saturated carbocycles. The number of carbonyl (C=O) groups excluding carboxylic acids is 1. The zero-order valence-corrected chi connectivity index (χ0v) is 12.9. The van der Waals surface area contributed by atoms with Crippen LogP contribution >= 0.6 is 11.6 Å². The lowest BCUT2D eigenvalue weighted by atomic mass is 10.0. The van der Waals surface area contributed by atoms with Crippen molar-refractivity contribution in [3.8, 4) is 5.75 Å². The molecule has 0 aliphatic carbocycles. The van der Waals surface area contributed by atoms with Crippen molar-refractivity contribution in [3.05, 3.63) is 28.8 Å². The van der Waals surface area contributed by atoms with Crippen molar-refractivity contribution in [2.45, 2.75) is 26.2 Å². The molecule has 0 saturated heterocycles. The number of halogens is 1. The highest BCUT2D eigenvalue weighted by molar-refractivity contribution is 6.30. The van der Waals surface area contributed by atoms with E-state index in [1.165, 1.54) is 7.11 Å². The molecular formula is C15H20ClNO4. The summed E-state index contributed by atoms with van der Waals surface area (Å²) in [6.45, 7) is 2.04. The molecular weight excluding hydrogens is 294 g/mol. The number of carbonyl (C=O) groups is 2. The lowest BCUT2D eigenvalue weighted by Gasteiger charge is -2.13. The number of methoxy groups -OCH3 is 1. The molecule has 5 nitrogen and oxygen atoms in total. The molecule has 2 N–H and O–H groups in total. The van der Waals surface area contributed by atoms with Gasteiger partial charge in [0.05, 0.1) is 19.4 Å². The molecule has 116 valence electrons. The van der Waals surface area contributed by atoms with Gasteiger partial charge in [0.1, 0.15) is 5.75 Å². The first-order chi connectivity index (χ1) is 9.97. The number of carboxylic acid groups (broad SMARTS) is 1. The van der Waals surface area contributed by atoms with Gasteiger partial charge in [-0.15, -0.1) is 0 Å². The smallest absolute Gasteiger partial charge is 0.308 e. The Morgan fingerprint density at radius 2 is 2.14 bits per heavy atom. The van der Waals surface area contributed by atoms with Gasteiger partial charge >= 0.3 is 5.97 Å². The summed E-state index contributed by atoms with van der Waals surface area (Å²) < 4.78 is 5.17. The van der Waals surface area contributed by atoms with E-state index in [0.29, 0.717) is 22.8 Å². The van der Waals surface area contributed by atoms with E-state index in [9.17, 15) is 9.59 Å². The Balaban J connectivity index is 2.61. The maximum atomic E-state index is 11.9. The first-order valence-corrected chi connectivity index (χ1v) is 7.17. The molecule has 1 amide bonds. The van der Waals surface area contributed by atoms with E-state index < -0.39 is 11.9 Å². The number of amides is 1. The Hall–Kier alpha value is -1.75. The second kappa shape index (κ2) is 8.52. The van der Waals surface area contributed by atoms with E-state index in [2.05, 4.69) is 5.32 Å². The van der Waals surface area contributed by atoms with Crippen LogP contribution in [0.5, 0.6) is 5.75 Å². The molecule has 1 unspecified atom stereocenters. The summed E-state index contributed by atoms with van der Waals surface area (Å²) >= 11 is 5.90. The highest BCUT2D eigenvalue weighted by Crippen LogP contribution is 2.23. The third-order valence-electron chi connectivity index (χ3n) is 3.13. The van der Waals surface area contributed by atoms with E-state index in [0.717, 1.165) is 6.42 Å². The summed E-state index contributed by atoms with van der Waals surface area (Å²) in [5.41, 5.74) is 0.671. The zero-order chi connectivity index (χ0) is 15.8. The van der Waals surface area contributed by atoms with Gasteiger partial charge < -0.3 is 15.2 Å². The van der Waals surface area contributed by atoms with Crippen LogP contribution in [0.3, 0.4) is 0 Å². The molecule has 0 aliphatic heterocycles. The van der Waals surface area contributed by atoms with E-state index >= 15 is 0 Å². The van der Waals surface area contributed by atoms with Crippen molar-refractivity contribution in [2.75, 3.05) is 13.7 Å². The van der Waals surface area contributed by atoms with Gasteiger partial charge in [0.15, 0.2) is 0 Å². The van der Waals surface area contributed by atoms with E-state index in [1.807, 2.05) is 6.92 Å². The summed E-state index contributed by atoms with van der Waals surface area (Å²) in [6, 6.07) is 5.05. The predicted octanol–water partition coefficient (Wildman–Crippen LogP) is 2.51. The number of rotatable bonds is 8. The molecule has 6 heteroatoms. The van der Waals surface area contributed by atoms with Gasteiger partial charge in [-0.05, 0) is 24.6 Å². The average molecular weight is 314 g/mol. The van der Waals surface area contributed by atoms with E-state index in [4.69, 9.17) is 21.4 Å². The Bertz CT molecular complexity index is 504. The highest BCUT2D eigenvalue weighted by Gasteiger charge is 2.17. The molecule has 0 aliphatic rings. The van der Waals surface area contributed by atoms with Crippen LogP contribution in [0.25, 0.3) is 0 Å². The Kier molecular flexibility index (Phi) is 7.02. The van der Waals surface area contributed by atoms with Gasteiger partial charge in [0.25, 0.3) is 0 Å². The number of hydrogen-bond donors (Lipinski definition) is 2. The van der Waals surface area contributed by atoms with Crippen molar-refractivity contribution in [1.29, 1.82) is 0 Å². The van der Waals surface area contributed by atoms with Crippen molar-refractivity contribution >= 4 is 23.5 Å². The molecule has 0 bridgehead atoms. The predicted molar refractivity (Wildman–Crippen MR) is 80.8 cm³/mol. The second-order valence-corrected chi connectivity index (χ2v) is 5.20. The van der Waals surface area contributed by atoms with Crippen LogP contribution in [0, 0.1) is 5.92 Å². The lowest BCUT2D eigenvalue weighted by Crippen LogP contribution is -2.33. The SMILES string of the molecule is CCCC(CNC(=O)Cc1cc(Cl)ccc1OC)C(=O)O. The standard InChI is InChI=1S/C15H20ClNO4/c1-3-4-10(15(19)20)9-17-14(18)8-11-7-12(16)5-6-13(11)21-2/h5-7,10H,3-4,8-9H2,1-2H3,(H,17,18)(H,19,20). The minimum Gasteiger partial charge on any atom is -0.496 e. The first kappa shape index (κ1) is 17.3. The number of benzene rings is 1. The van der Waals surface area contributed by atoms with Gasteiger partial charge in [-0.25, -0.2) is 0 Å². The number of ether oxygens (including phenoxy) is 1. The van der Waals surface area contributed by atoms with Crippen molar-refractivity contribution < 1.29 is 19.4 Å². The van der Waals surface area contributed by atoms with E-state index in [1.54, 1.807) is 18.2 Å². The summed E-state index contributed by atoms with van der Waals surface area (Å²) in [7, 11) is 1.52. The normalized spacial score (nSPS) is 11.8. The monoisotopic (exact) mass is 313 g/mol. The van der Waals surface area contributed by atoms with Crippen molar-refractivity contribution in [2.24, 2.45) is 5.92 Å². The molecule has 1 rings (SSSR count). The lowest BCUT2D eigenvalue weighted by molar-refractivity contribution is -0.141.